The molecule has 2 amide bonds. The molecule has 1 fully saturated rings. The quantitative estimate of drug-likeness (QED) is 0.438. The fourth-order valence-corrected chi connectivity index (χ4v) is 6.17. The van der Waals surface area contributed by atoms with Gasteiger partial charge in [-0.2, -0.15) is 0 Å². The third-order valence-corrected chi connectivity index (χ3v) is 8.54. The van der Waals surface area contributed by atoms with Crippen LogP contribution in [-0.4, -0.2) is 47.1 Å². The average molecular weight is 529 g/mol. The number of rotatable bonds is 4. The lowest BCUT2D eigenvalue weighted by molar-refractivity contribution is 0.208. The van der Waals surface area contributed by atoms with E-state index in [1.165, 1.54) is 35.1 Å². The summed E-state index contributed by atoms with van der Waals surface area (Å²) in [5.41, 5.74) is 2.29. The minimum atomic E-state index is -0.0435. The number of nitrogens with zero attached hydrogens (tertiary/aromatic N) is 4. The van der Waals surface area contributed by atoms with E-state index >= 15 is 0 Å². The number of carbonyl (C=O) groups excluding carboxylic acids is 1. The summed E-state index contributed by atoms with van der Waals surface area (Å²) in [5, 5.41) is 4.29. The van der Waals surface area contributed by atoms with Gasteiger partial charge in [-0.3, -0.25) is 0 Å². The van der Waals surface area contributed by atoms with E-state index in [1.807, 2.05) is 40.5 Å². The molecule has 1 atom stereocenters. The van der Waals surface area contributed by atoms with E-state index in [0.29, 0.717) is 19.0 Å². The first kappa shape index (κ1) is 22.6. The number of aryl methyl sites for hydroxylation is 2. The van der Waals surface area contributed by atoms with Crippen LogP contribution in [0.2, 0.25) is 0 Å². The summed E-state index contributed by atoms with van der Waals surface area (Å²) in [7, 11) is 0. The van der Waals surface area contributed by atoms with Crippen molar-refractivity contribution < 1.29 is 4.79 Å². The van der Waals surface area contributed by atoms with Crippen LogP contribution in [0.5, 0.6) is 0 Å². The summed E-state index contributed by atoms with van der Waals surface area (Å²) < 4.78 is 0.998. The van der Waals surface area contributed by atoms with E-state index in [4.69, 9.17) is 9.97 Å². The van der Waals surface area contributed by atoms with E-state index in [0.717, 1.165) is 52.6 Å². The second kappa shape index (κ2) is 9.58. The van der Waals surface area contributed by atoms with Crippen molar-refractivity contribution in [2.45, 2.75) is 51.9 Å². The number of halogens is 1. The molecule has 3 heterocycles. The molecule has 1 saturated heterocycles. The number of nitrogens with one attached hydrogen (secondary N) is 1. The molecule has 1 aliphatic heterocycles. The number of hydrogen-bond acceptors (Lipinski definition) is 5. The van der Waals surface area contributed by atoms with Crippen molar-refractivity contribution in [3.05, 3.63) is 45.0 Å². The van der Waals surface area contributed by atoms with Crippen LogP contribution in [0.25, 0.3) is 10.2 Å². The van der Waals surface area contributed by atoms with Gasteiger partial charge in [-0.25, -0.2) is 14.8 Å². The van der Waals surface area contributed by atoms with Crippen LogP contribution in [0.4, 0.5) is 16.3 Å². The third-order valence-electron chi connectivity index (χ3n) is 6.83. The number of fused-ring (bicyclic) bond motifs is 3. The van der Waals surface area contributed by atoms with Crippen molar-refractivity contribution in [3.8, 4) is 0 Å². The first-order valence-corrected chi connectivity index (χ1v) is 13.5. The normalized spacial score (nSPS) is 17.2. The van der Waals surface area contributed by atoms with Crippen LogP contribution >= 0.6 is 27.3 Å². The summed E-state index contributed by atoms with van der Waals surface area (Å²) in [6.07, 6.45) is 5.84. The van der Waals surface area contributed by atoms with E-state index < -0.39 is 0 Å². The highest BCUT2D eigenvalue weighted by atomic mass is 79.9. The molecular formula is C25H30BrN5OS. The SMILES string of the molecule is CCC(C)c1nc(N2CCN(C(=O)Nc3ccc(Br)cc3)CC2)c2c3c(sc2n1)CCCC3. The van der Waals surface area contributed by atoms with Crippen molar-refractivity contribution in [2.24, 2.45) is 0 Å². The number of piperazine rings is 1. The van der Waals surface area contributed by atoms with Crippen molar-refractivity contribution in [2.75, 3.05) is 36.4 Å². The summed E-state index contributed by atoms with van der Waals surface area (Å²) in [5.74, 6) is 2.38. The smallest absolute Gasteiger partial charge is 0.321 e. The molecule has 2 aromatic heterocycles. The molecular weight excluding hydrogens is 498 g/mol. The molecule has 0 saturated carbocycles. The highest BCUT2D eigenvalue weighted by Gasteiger charge is 2.28. The van der Waals surface area contributed by atoms with Gasteiger partial charge in [0.25, 0.3) is 0 Å². The maximum atomic E-state index is 12.8. The number of urea groups is 1. The van der Waals surface area contributed by atoms with E-state index in [9.17, 15) is 4.79 Å². The fraction of sp³-hybridized carbons (Fsp3) is 0.480. The van der Waals surface area contributed by atoms with Crippen LogP contribution < -0.4 is 10.2 Å². The second-order valence-electron chi connectivity index (χ2n) is 9.02. The van der Waals surface area contributed by atoms with Gasteiger partial charge < -0.3 is 15.1 Å². The Labute approximate surface area is 207 Å². The number of aromatic nitrogens is 2. The maximum absolute atomic E-state index is 12.8. The first-order chi connectivity index (χ1) is 16.0. The van der Waals surface area contributed by atoms with Gasteiger partial charge in [0.15, 0.2) is 0 Å². The molecule has 0 bridgehead atoms. The van der Waals surface area contributed by atoms with E-state index in [2.05, 4.69) is 40.0 Å². The number of anilines is 2. The highest BCUT2D eigenvalue weighted by molar-refractivity contribution is 9.10. The summed E-state index contributed by atoms with van der Waals surface area (Å²) >= 11 is 5.31. The first-order valence-electron chi connectivity index (χ1n) is 11.9. The lowest BCUT2D eigenvalue weighted by Gasteiger charge is -2.36. The number of carbonyl (C=O) groups is 1. The van der Waals surface area contributed by atoms with Crippen LogP contribution in [0, 0.1) is 0 Å². The Bertz CT molecular complexity index is 1150. The van der Waals surface area contributed by atoms with Gasteiger partial charge in [-0.05, 0) is 61.9 Å². The van der Waals surface area contributed by atoms with Crippen LogP contribution in [0.15, 0.2) is 28.7 Å². The molecule has 6 nitrogen and oxygen atoms in total. The Morgan fingerprint density at radius 3 is 2.58 bits per heavy atom. The molecule has 3 aromatic rings. The zero-order valence-electron chi connectivity index (χ0n) is 19.2. The predicted octanol–water partition coefficient (Wildman–Crippen LogP) is 6.20. The molecule has 1 unspecified atom stereocenters. The van der Waals surface area contributed by atoms with Gasteiger partial charge in [-0.15, -0.1) is 11.3 Å². The number of benzene rings is 1. The molecule has 174 valence electrons. The van der Waals surface area contributed by atoms with E-state index in [-0.39, 0.29) is 6.03 Å². The Kier molecular flexibility index (Phi) is 6.56. The van der Waals surface area contributed by atoms with E-state index in [1.54, 1.807) is 0 Å². The van der Waals surface area contributed by atoms with Crippen LogP contribution in [0.1, 0.15) is 55.3 Å². The highest BCUT2D eigenvalue weighted by Crippen LogP contribution is 2.40. The van der Waals surface area contributed by atoms with Gasteiger partial charge >= 0.3 is 6.03 Å². The van der Waals surface area contributed by atoms with Crippen molar-refractivity contribution in [3.63, 3.8) is 0 Å². The molecule has 5 rings (SSSR count). The van der Waals surface area contributed by atoms with Gasteiger partial charge in [0.1, 0.15) is 16.5 Å². The molecule has 1 aliphatic carbocycles. The molecule has 0 spiro atoms. The topological polar surface area (TPSA) is 61.4 Å². The van der Waals surface area contributed by atoms with Crippen molar-refractivity contribution >= 4 is 55.0 Å². The van der Waals surface area contributed by atoms with Gasteiger partial charge in [0.05, 0.1) is 5.39 Å². The Hall–Kier alpha value is -2.19. The zero-order chi connectivity index (χ0) is 22.9. The average Bonchev–Trinajstić information content (AvgIpc) is 3.23. The third kappa shape index (κ3) is 4.60. The molecule has 1 aromatic carbocycles. The van der Waals surface area contributed by atoms with Crippen molar-refractivity contribution in [1.29, 1.82) is 0 Å². The summed E-state index contributed by atoms with van der Waals surface area (Å²) in [6.45, 7) is 7.33. The van der Waals surface area contributed by atoms with Crippen LogP contribution in [0.3, 0.4) is 0 Å². The predicted molar refractivity (Wildman–Crippen MR) is 140 cm³/mol. The maximum Gasteiger partial charge on any atom is 0.321 e. The lowest BCUT2D eigenvalue weighted by Crippen LogP contribution is -2.50. The molecule has 33 heavy (non-hydrogen) atoms. The second-order valence-corrected chi connectivity index (χ2v) is 11.0. The summed E-state index contributed by atoms with van der Waals surface area (Å²) in [6, 6.07) is 7.64. The molecule has 2 aliphatic rings. The number of hydrogen-bond donors (Lipinski definition) is 1. The number of thiophene rings is 1. The lowest BCUT2D eigenvalue weighted by atomic mass is 9.96. The Morgan fingerprint density at radius 1 is 1.12 bits per heavy atom. The molecule has 8 heteroatoms. The van der Waals surface area contributed by atoms with Gasteiger partial charge in [0, 0.05) is 47.1 Å². The standard InChI is InChI=1S/C25H30BrN5OS/c1-3-16(2)22-28-23(21-19-6-4-5-7-20(19)33-24(21)29-22)30-12-14-31(15-13-30)25(32)27-18-10-8-17(26)9-11-18/h8-11,16H,3-7,12-15H2,1-2H3,(H,27,32). The fourth-order valence-electron chi connectivity index (χ4n) is 4.64. The van der Waals surface area contributed by atoms with Crippen molar-refractivity contribution in [1.82, 2.24) is 14.9 Å². The molecule has 1 N–H and O–H groups in total. The minimum Gasteiger partial charge on any atom is -0.352 e. The van der Waals surface area contributed by atoms with Gasteiger partial charge in [0.2, 0.25) is 0 Å². The van der Waals surface area contributed by atoms with Crippen LogP contribution in [-0.2, 0) is 12.8 Å². The number of amides is 2. The summed E-state index contributed by atoms with van der Waals surface area (Å²) in [4.78, 5) is 29.9. The Balaban J connectivity index is 1.37. The minimum absolute atomic E-state index is 0.0435. The monoisotopic (exact) mass is 527 g/mol. The van der Waals surface area contributed by atoms with Gasteiger partial charge in [-0.1, -0.05) is 29.8 Å². The zero-order valence-corrected chi connectivity index (χ0v) is 21.6. The Morgan fingerprint density at radius 2 is 1.85 bits per heavy atom. The molecule has 0 radical (unpaired) electrons. The largest absolute Gasteiger partial charge is 0.352 e.